The standard InChI is InChI=1S/C19H24N6O/c1-15-21-9-12-24(15)11-7-17-6-2-3-10-25(17)14-18-22-23-19(26-18)16-5-4-8-20-13-16/h4-5,8-9,12-13,17H,2-3,6-7,10-11,14H2,1H3. The molecule has 0 aromatic carbocycles. The van der Waals surface area contributed by atoms with Crippen molar-refractivity contribution in [3.8, 4) is 11.5 Å². The van der Waals surface area contributed by atoms with Crippen LogP contribution in [-0.4, -0.2) is 42.2 Å². The van der Waals surface area contributed by atoms with Crippen LogP contribution in [0.3, 0.4) is 0 Å². The van der Waals surface area contributed by atoms with Gasteiger partial charge in [-0.3, -0.25) is 9.88 Å². The quantitative estimate of drug-likeness (QED) is 0.679. The van der Waals surface area contributed by atoms with E-state index in [4.69, 9.17) is 4.42 Å². The number of nitrogens with zero attached hydrogens (tertiary/aromatic N) is 6. The second-order valence-corrected chi connectivity index (χ2v) is 6.82. The summed E-state index contributed by atoms with van der Waals surface area (Å²) in [6.45, 7) is 4.84. The van der Waals surface area contributed by atoms with Crippen molar-refractivity contribution in [2.75, 3.05) is 6.54 Å². The Morgan fingerprint density at radius 1 is 1.23 bits per heavy atom. The van der Waals surface area contributed by atoms with Crippen molar-refractivity contribution < 1.29 is 4.42 Å². The van der Waals surface area contributed by atoms with Crippen LogP contribution in [0, 0.1) is 6.92 Å². The lowest BCUT2D eigenvalue weighted by molar-refractivity contribution is 0.117. The third-order valence-electron chi connectivity index (χ3n) is 5.09. The molecule has 7 heteroatoms. The molecule has 26 heavy (non-hydrogen) atoms. The highest BCUT2D eigenvalue weighted by Crippen LogP contribution is 2.24. The first-order valence-corrected chi connectivity index (χ1v) is 9.24. The molecule has 1 aliphatic rings. The van der Waals surface area contributed by atoms with E-state index in [9.17, 15) is 0 Å². The van der Waals surface area contributed by atoms with Gasteiger partial charge < -0.3 is 8.98 Å². The summed E-state index contributed by atoms with van der Waals surface area (Å²) in [5.41, 5.74) is 0.858. The highest BCUT2D eigenvalue weighted by molar-refractivity contribution is 5.49. The van der Waals surface area contributed by atoms with Gasteiger partial charge in [-0.15, -0.1) is 10.2 Å². The van der Waals surface area contributed by atoms with E-state index >= 15 is 0 Å². The van der Waals surface area contributed by atoms with E-state index in [0.717, 1.165) is 30.9 Å². The van der Waals surface area contributed by atoms with E-state index in [1.165, 1.54) is 19.3 Å². The van der Waals surface area contributed by atoms with Gasteiger partial charge in [0.2, 0.25) is 11.8 Å². The molecule has 0 bridgehead atoms. The van der Waals surface area contributed by atoms with Crippen molar-refractivity contribution >= 4 is 0 Å². The van der Waals surface area contributed by atoms with Crippen LogP contribution in [0.15, 0.2) is 41.3 Å². The Labute approximate surface area is 153 Å². The predicted molar refractivity (Wildman–Crippen MR) is 97.2 cm³/mol. The summed E-state index contributed by atoms with van der Waals surface area (Å²) < 4.78 is 8.09. The normalized spacial score (nSPS) is 18.3. The molecule has 1 saturated heterocycles. The van der Waals surface area contributed by atoms with Gasteiger partial charge in [0.15, 0.2) is 0 Å². The van der Waals surface area contributed by atoms with Crippen molar-refractivity contribution in [3.63, 3.8) is 0 Å². The second-order valence-electron chi connectivity index (χ2n) is 6.82. The van der Waals surface area contributed by atoms with Gasteiger partial charge in [-0.2, -0.15) is 0 Å². The first-order valence-electron chi connectivity index (χ1n) is 9.24. The number of aromatic nitrogens is 5. The number of likely N-dealkylation sites (tertiary alicyclic amines) is 1. The molecule has 0 spiro atoms. The monoisotopic (exact) mass is 352 g/mol. The summed E-state index contributed by atoms with van der Waals surface area (Å²) in [7, 11) is 0. The van der Waals surface area contributed by atoms with Gasteiger partial charge in [0.25, 0.3) is 0 Å². The summed E-state index contributed by atoms with van der Waals surface area (Å²) in [5.74, 6) is 2.29. The summed E-state index contributed by atoms with van der Waals surface area (Å²) in [6, 6.07) is 4.35. The van der Waals surface area contributed by atoms with Gasteiger partial charge in [-0.05, 0) is 44.9 Å². The molecule has 0 radical (unpaired) electrons. The number of aryl methyl sites for hydroxylation is 2. The van der Waals surface area contributed by atoms with Crippen LogP contribution < -0.4 is 0 Å². The molecule has 0 N–H and O–H groups in total. The number of hydrogen-bond donors (Lipinski definition) is 0. The summed E-state index contributed by atoms with van der Waals surface area (Å²) in [4.78, 5) is 10.9. The predicted octanol–water partition coefficient (Wildman–Crippen LogP) is 3.08. The Morgan fingerprint density at radius 3 is 3.00 bits per heavy atom. The molecule has 136 valence electrons. The fourth-order valence-electron chi connectivity index (χ4n) is 3.62. The minimum Gasteiger partial charge on any atom is -0.419 e. The Balaban J connectivity index is 1.40. The van der Waals surface area contributed by atoms with Crippen LogP contribution >= 0.6 is 0 Å². The molecule has 7 nitrogen and oxygen atoms in total. The maximum Gasteiger partial charge on any atom is 0.249 e. The molecule has 1 aliphatic heterocycles. The van der Waals surface area contributed by atoms with Crippen LogP contribution in [0.1, 0.15) is 37.4 Å². The minimum absolute atomic E-state index is 0.538. The van der Waals surface area contributed by atoms with Crippen molar-refractivity contribution in [3.05, 3.63) is 48.6 Å². The molecular formula is C19H24N6O. The number of imidazole rings is 1. The lowest BCUT2D eigenvalue weighted by Gasteiger charge is -2.34. The van der Waals surface area contributed by atoms with Crippen LogP contribution in [0.4, 0.5) is 0 Å². The molecule has 0 aliphatic carbocycles. The lowest BCUT2D eigenvalue weighted by Crippen LogP contribution is -2.39. The van der Waals surface area contributed by atoms with Gasteiger partial charge in [-0.25, -0.2) is 4.98 Å². The third kappa shape index (κ3) is 3.83. The topological polar surface area (TPSA) is 72.9 Å². The van der Waals surface area contributed by atoms with Crippen LogP contribution in [-0.2, 0) is 13.1 Å². The zero-order valence-corrected chi connectivity index (χ0v) is 15.1. The fourth-order valence-corrected chi connectivity index (χ4v) is 3.62. The number of piperidine rings is 1. The Morgan fingerprint density at radius 2 is 2.19 bits per heavy atom. The maximum atomic E-state index is 5.87. The molecule has 1 fully saturated rings. The van der Waals surface area contributed by atoms with Crippen LogP contribution in [0.5, 0.6) is 0 Å². The van der Waals surface area contributed by atoms with Gasteiger partial charge in [0, 0.05) is 37.4 Å². The largest absolute Gasteiger partial charge is 0.419 e. The van der Waals surface area contributed by atoms with Crippen LogP contribution in [0.25, 0.3) is 11.5 Å². The molecule has 3 aromatic heterocycles. The minimum atomic E-state index is 0.538. The molecule has 4 rings (SSSR count). The fraction of sp³-hybridized carbons (Fsp3) is 0.474. The SMILES string of the molecule is Cc1nccn1CCC1CCCCN1Cc1nnc(-c2cccnc2)o1. The third-order valence-corrected chi connectivity index (χ3v) is 5.09. The summed E-state index contributed by atoms with van der Waals surface area (Å²) >= 11 is 0. The zero-order valence-electron chi connectivity index (χ0n) is 15.1. The van der Waals surface area contributed by atoms with Crippen LogP contribution in [0.2, 0.25) is 0 Å². The Hall–Kier alpha value is -2.54. The van der Waals surface area contributed by atoms with Gasteiger partial charge in [0.05, 0.1) is 12.1 Å². The molecule has 0 amide bonds. The van der Waals surface area contributed by atoms with E-state index in [-0.39, 0.29) is 0 Å². The zero-order chi connectivity index (χ0) is 17.8. The average Bonchev–Trinajstić information content (AvgIpc) is 3.31. The van der Waals surface area contributed by atoms with E-state index < -0.39 is 0 Å². The van der Waals surface area contributed by atoms with Gasteiger partial charge in [-0.1, -0.05) is 6.42 Å². The second kappa shape index (κ2) is 7.78. The van der Waals surface area contributed by atoms with E-state index in [1.54, 1.807) is 12.4 Å². The summed E-state index contributed by atoms with van der Waals surface area (Å²) in [6.07, 6.45) is 12.2. The van der Waals surface area contributed by atoms with E-state index in [0.29, 0.717) is 24.4 Å². The molecule has 3 aromatic rings. The Bertz CT molecular complexity index is 827. The van der Waals surface area contributed by atoms with Crippen molar-refractivity contribution in [1.29, 1.82) is 0 Å². The van der Waals surface area contributed by atoms with Crippen molar-refractivity contribution in [2.24, 2.45) is 0 Å². The molecular weight excluding hydrogens is 328 g/mol. The summed E-state index contributed by atoms with van der Waals surface area (Å²) in [5, 5.41) is 8.42. The molecule has 1 unspecified atom stereocenters. The molecule has 0 saturated carbocycles. The van der Waals surface area contributed by atoms with Gasteiger partial charge in [0.1, 0.15) is 5.82 Å². The van der Waals surface area contributed by atoms with Crippen molar-refractivity contribution in [1.82, 2.24) is 29.6 Å². The smallest absolute Gasteiger partial charge is 0.249 e. The molecule has 1 atom stereocenters. The highest BCUT2D eigenvalue weighted by atomic mass is 16.4. The Kier molecular flexibility index (Phi) is 5.06. The first-order chi connectivity index (χ1) is 12.8. The first kappa shape index (κ1) is 16.9. The average molecular weight is 352 g/mol. The molecule has 4 heterocycles. The lowest BCUT2D eigenvalue weighted by atomic mass is 9.99. The number of hydrogen-bond acceptors (Lipinski definition) is 6. The highest BCUT2D eigenvalue weighted by Gasteiger charge is 2.24. The maximum absolute atomic E-state index is 5.87. The van der Waals surface area contributed by atoms with Gasteiger partial charge >= 0.3 is 0 Å². The van der Waals surface area contributed by atoms with E-state index in [1.807, 2.05) is 18.3 Å². The van der Waals surface area contributed by atoms with Crippen molar-refractivity contribution in [2.45, 2.75) is 51.7 Å². The van der Waals surface area contributed by atoms with E-state index in [2.05, 4.69) is 42.8 Å². The number of pyridine rings is 1. The number of rotatable bonds is 6.